The second-order valence-electron chi connectivity index (χ2n) is 3.34. The molecular formula is C11H14ClNO3. The van der Waals surface area contributed by atoms with E-state index in [2.05, 4.69) is 6.58 Å². The molecule has 1 atom stereocenters. The van der Waals surface area contributed by atoms with Crippen molar-refractivity contribution in [3.8, 4) is 0 Å². The maximum absolute atomic E-state index is 11.6. The Labute approximate surface area is 99.5 Å². The number of hydrogen-bond donors (Lipinski definition) is 0. The Hall–Kier alpha value is -1.29. The summed E-state index contributed by atoms with van der Waals surface area (Å²) in [6.07, 6.45) is 5.16. The summed E-state index contributed by atoms with van der Waals surface area (Å²) in [4.78, 5) is 24.5. The van der Waals surface area contributed by atoms with E-state index in [1.807, 2.05) is 12.2 Å². The molecule has 0 aromatic rings. The SMILES string of the molecule is C=CCOC(=O)N1CC=CCC1C(=O)CCl. The molecule has 88 valence electrons. The van der Waals surface area contributed by atoms with Gasteiger partial charge in [-0.25, -0.2) is 4.79 Å². The number of ether oxygens (including phenoxy) is 1. The van der Waals surface area contributed by atoms with Crippen LogP contribution in [-0.2, 0) is 9.53 Å². The zero-order valence-electron chi connectivity index (χ0n) is 8.89. The van der Waals surface area contributed by atoms with Gasteiger partial charge in [0.05, 0.1) is 11.9 Å². The van der Waals surface area contributed by atoms with Crippen LogP contribution in [0.1, 0.15) is 6.42 Å². The number of rotatable bonds is 4. The summed E-state index contributed by atoms with van der Waals surface area (Å²) < 4.78 is 4.90. The van der Waals surface area contributed by atoms with Gasteiger partial charge in [-0.15, -0.1) is 11.6 Å². The molecule has 0 N–H and O–H groups in total. The van der Waals surface area contributed by atoms with Gasteiger partial charge in [-0.1, -0.05) is 24.8 Å². The average Bonchev–Trinajstić information content (AvgIpc) is 2.35. The van der Waals surface area contributed by atoms with Crippen molar-refractivity contribution in [2.24, 2.45) is 0 Å². The van der Waals surface area contributed by atoms with Crippen molar-refractivity contribution in [2.75, 3.05) is 19.0 Å². The fourth-order valence-corrected chi connectivity index (χ4v) is 1.66. The van der Waals surface area contributed by atoms with Gasteiger partial charge in [-0.3, -0.25) is 9.69 Å². The highest BCUT2D eigenvalue weighted by atomic mass is 35.5. The number of halogens is 1. The monoisotopic (exact) mass is 243 g/mol. The third-order valence-electron chi connectivity index (χ3n) is 2.27. The maximum Gasteiger partial charge on any atom is 0.410 e. The maximum atomic E-state index is 11.6. The van der Waals surface area contributed by atoms with Crippen molar-refractivity contribution in [2.45, 2.75) is 12.5 Å². The molecule has 0 saturated heterocycles. The van der Waals surface area contributed by atoms with Crippen LogP contribution in [0.4, 0.5) is 4.79 Å². The minimum Gasteiger partial charge on any atom is -0.445 e. The predicted octanol–water partition coefficient (Wildman–Crippen LogP) is 1.75. The summed E-state index contributed by atoms with van der Waals surface area (Å²) in [6, 6.07) is -0.500. The van der Waals surface area contributed by atoms with E-state index >= 15 is 0 Å². The average molecular weight is 244 g/mol. The molecule has 0 spiro atoms. The highest BCUT2D eigenvalue weighted by Gasteiger charge is 2.30. The molecule has 0 bridgehead atoms. The minimum absolute atomic E-state index is 0.0935. The smallest absolute Gasteiger partial charge is 0.410 e. The molecule has 16 heavy (non-hydrogen) atoms. The third-order valence-corrected chi connectivity index (χ3v) is 2.53. The Morgan fingerprint density at radius 3 is 2.94 bits per heavy atom. The highest BCUT2D eigenvalue weighted by Crippen LogP contribution is 2.14. The molecule has 5 heteroatoms. The summed E-state index contributed by atoms with van der Waals surface area (Å²) in [6.45, 7) is 3.97. The standard InChI is InChI=1S/C11H14ClNO3/c1-2-7-16-11(15)13-6-4-3-5-9(13)10(14)8-12/h2-4,9H,1,5-8H2. The van der Waals surface area contributed by atoms with Crippen LogP contribution in [0.2, 0.25) is 0 Å². The Morgan fingerprint density at radius 1 is 1.56 bits per heavy atom. The van der Waals surface area contributed by atoms with E-state index in [1.165, 1.54) is 11.0 Å². The fraction of sp³-hybridized carbons (Fsp3) is 0.455. The van der Waals surface area contributed by atoms with Crippen LogP contribution < -0.4 is 0 Å². The first-order chi connectivity index (χ1) is 7.70. The zero-order valence-corrected chi connectivity index (χ0v) is 9.65. The molecule has 1 amide bonds. The molecule has 1 rings (SSSR count). The van der Waals surface area contributed by atoms with Crippen molar-refractivity contribution in [3.05, 3.63) is 24.8 Å². The molecule has 0 aromatic carbocycles. The number of Topliss-reactive ketones (excluding diaryl/α,β-unsaturated/α-hetero) is 1. The second-order valence-corrected chi connectivity index (χ2v) is 3.61. The van der Waals surface area contributed by atoms with Gasteiger partial charge >= 0.3 is 6.09 Å². The third kappa shape index (κ3) is 3.10. The lowest BCUT2D eigenvalue weighted by molar-refractivity contribution is -0.121. The molecule has 1 aliphatic heterocycles. The van der Waals surface area contributed by atoms with Crippen molar-refractivity contribution >= 4 is 23.5 Å². The lowest BCUT2D eigenvalue weighted by atomic mass is 10.1. The number of alkyl halides is 1. The van der Waals surface area contributed by atoms with E-state index in [0.29, 0.717) is 13.0 Å². The van der Waals surface area contributed by atoms with Crippen LogP contribution in [-0.4, -0.2) is 41.8 Å². The van der Waals surface area contributed by atoms with Crippen LogP contribution in [0.3, 0.4) is 0 Å². The quantitative estimate of drug-likeness (QED) is 0.558. The molecule has 0 saturated carbocycles. The summed E-state index contributed by atoms with van der Waals surface area (Å²) in [5.74, 6) is -0.259. The van der Waals surface area contributed by atoms with E-state index < -0.39 is 12.1 Å². The number of nitrogens with zero attached hydrogens (tertiary/aromatic N) is 1. The first-order valence-corrected chi connectivity index (χ1v) is 5.52. The molecule has 1 unspecified atom stereocenters. The number of hydrogen-bond acceptors (Lipinski definition) is 3. The van der Waals surface area contributed by atoms with E-state index in [-0.39, 0.29) is 18.3 Å². The molecule has 0 aromatic heterocycles. The first kappa shape index (κ1) is 12.8. The van der Waals surface area contributed by atoms with E-state index in [0.717, 1.165) is 0 Å². The molecule has 0 aliphatic carbocycles. The second kappa shape index (κ2) is 6.33. The molecular weight excluding hydrogens is 230 g/mol. The number of carbonyl (C=O) groups is 2. The predicted molar refractivity (Wildman–Crippen MR) is 61.5 cm³/mol. The van der Waals surface area contributed by atoms with Crippen LogP contribution in [0.5, 0.6) is 0 Å². The Bertz CT molecular complexity index is 314. The molecule has 0 radical (unpaired) electrons. The van der Waals surface area contributed by atoms with Crippen molar-refractivity contribution < 1.29 is 14.3 Å². The molecule has 0 fully saturated rings. The van der Waals surface area contributed by atoms with E-state index in [4.69, 9.17) is 16.3 Å². The van der Waals surface area contributed by atoms with Gasteiger partial charge in [-0.05, 0) is 6.42 Å². The Balaban J connectivity index is 2.67. The Morgan fingerprint density at radius 2 is 2.31 bits per heavy atom. The molecule has 4 nitrogen and oxygen atoms in total. The lowest BCUT2D eigenvalue weighted by Crippen LogP contribution is -2.47. The van der Waals surface area contributed by atoms with Crippen LogP contribution >= 0.6 is 11.6 Å². The van der Waals surface area contributed by atoms with Crippen LogP contribution in [0.15, 0.2) is 24.8 Å². The lowest BCUT2D eigenvalue weighted by Gasteiger charge is -2.30. The number of ketones is 1. The van der Waals surface area contributed by atoms with E-state index in [9.17, 15) is 9.59 Å². The molecule has 1 aliphatic rings. The fourth-order valence-electron chi connectivity index (χ4n) is 1.48. The summed E-state index contributed by atoms with van der Waals surface area (Å²) in [5, 5.41) is 0. The van der Waals surface area contributed by atoms with Gasteiger partial charge in [0, 0.05) is 6.54 Å². The van der Waals surface area contributed by atoms with Gasteiger partial charge in [0.1, 0.15) is 6.61 Å². The van der Waals surface area contributed by atoms with Gasteiger partial charge in [0.25, 0.3) is 0 Å². The van der Waals surface area contributed by atoms with Gasteiger partial charge < -0.3 is 4.74 Å². The minimum atomic E-state index is -0.507. The highest BCUT2D eigenvalue weighted by molar-refractivity contribution is 6.28. The summed E-state index contributed by atoms with van der Waals surface area (Å²) >= 11 is 5.49. The largest absolute Gasteiger partial charge is 0.445 e. The van der Waals surface area contributed by atoms with Crippen LogP contribution in [0.25, 0.3) is 0 Å². The topological polar surface area (TPSA) is 46.6 Å². The normalized spacial score (nSPS) is 19.3. The van der Waals surface area contributed by atoms with Crippen molar-refractivity contribution in [1.82, 2.24) is 4.90 Å². The van der Waals surface area contributed by atoms with E-state index in [1.54, 1.807) is 0 Å². The van der Waals surface area contributed by atoms with Gasteiger partial charge in [0.2, 0.25) is 0 Å². The number of amides is 1. The van der Waals surface area contributed by atoms with Gasteiger partial charge in [0.15, 0.2) is 5.78 Å². The van der Waals surface area contributed by atoms with Crippen LogP contribution in [0, 0.1) is 0 Å². The van der Waals surface area contributed by atoms with Crippen molar-refractivity contribution in [3.63, 3.8) is 0 Å². The van der Waals surface area contributed by atoms with Crippen molar-refractivity contribution in [1.29, 1.82) is 0 Å². The van der Waals surface area contributed by atoms with Gasteiger partial charge in [-0.2, -0.15) is 0 Å². The first-order valence-electron chi connectivity index (χ1n) is 4.98. The summed E-state index contributed by atoms with van der Waals surface area (Å²) in [5.41, 5.74) is 0. The number of carbonyl (C=O) groups excluding carboxylic acids is 2. The Kier molecular flexibility index (Phi) is 5.05. The zero-order chi connectivity index (χ0) is 12.0. The molecule has 1 heterocycles. The summed E-state index contributed by atoms with van der Waals surface area (Å²) in [7, 11) is 0.